The predicted molar refractivity (Wildman–Crippen MR) is 169 cm³/mol. The average Bonchev–Trinajstić information content (AvgIpc) is 3.57. The molecule has 6 heterocycles. The van der Waals surface area contributed by atoms with Crippen LogP contribution in [0.2, 0.25) is 0 Å². The number of nitrogens with one attached hydrogen (secondary N) is 1. The Morgan fingerprint density at radius 1 is 1.10 bits per heavy atom. The summed E-state index contributed by atoms with van der Waals surface area (Å²) in [5.74, 6) is -3.84. The summed E-state index contributed by atoms with van der Waals surface area (Å²) < 4.78 is 88.3. The molecule has 3 aromatic heterocycles. The molecule has 0 unspecified atom stereocenters. The number of benzene rings is 2. The second-order valence-corrected chi connectivity index (χ2v) is 12.8. The number of nitrogens with zero attached hydrogens (tertiary/aromatic N) is 4. The molecule has 5 aromatic rings. The molecule has 3 aliphatic rings. The Morgan fingerprint density at radius 2 is 1.86 bits per heavy atom. The van der Waals surface area contributed by atoms with Crippen molar-refractivity contribution in [3.8, 4) is 16.9 Å². The quantitative estimate of drug-likeness (QED) is 0.139. The highest BCUT2D eigenvalue weighted by Crippen LogP contribution is 2.48. The van der Waals surface area contributed by atoms with Gasteiger partial charge < -0.3 is 23.8 Å². The highest BCUT2D eigenvalue weighted by atomic mass is 19.4. The third-order valence-electron chi connectivity index (χ3n) is 9.39. The standard InChI is InChI=1S/C35H28F5N5O4/c1-43-18-41-30-25(43)13-22(35(38,39)40)28-21-4-2-8-45-26(12-19(31(21)45)6-9-49-33(28)30)32(47)20-10-23(36)29(24(37)11-20)42-27(46)5-3-7-44-14-34(15-44)16-48-17-34/h2-5,8,10-13,18H,6-7,9,14-17H2,1H3,(H,42,46)/b5-3+. The van der Waals surface area contributed by atoms with E-state index in [-0.39, 0.29) is 57.6 Å². The summed E-state index contributed by atoms with van der Waals surface area (Å²) in [6.07, 6.45) is 1.20. The van der Waals surface area contributed by atoms with E-state index in [2.05, 4.69) is 15.2 Å². The first kappa shape index (κ1) is 31.2. The van der Waals surface area contributed by atoms with E-state index in [4.69, 9.17) is 9.47 Å². The molecular formula is C35H28F5N5O4. The fraction of sp³-hybridized carbons (Fsp3) is 0.286. The van der Waals surface area contributed by atoms with Crippen LogP contribution in [0.5, 0.6) is 5.75 Å². The van der Waals surface area contributed by atoms with Gasteiger partial charge in [0.1, 0.15) is 22.8 Å². The Morgan fingerprint density at radius 3 is 2.55 bits per heavy atom. The number of hydrogen-bond acceptors (Lipinski definition) is 6. The first-order valence-electron chi connectivity index (χ1n) is 15.6. The summed E-state index contributed by atoms with van der Waals surface area (Å²) >= 11 is 0. The maximum Gasteiger partial charge on any atom is 0.417 e. The Bertz CT molecular complexity index is 2200. The second-order valence-electron chi connectivity index (χ2n) is 12.8. The highest BCUT2D eigenvalue weighted by Gasteiger charge is 2.48. The van der Waals surface area contributed by atoms with Crippen molar-refractivity contribution in [2.24, 2.45) is 12.5 Å². The van der Waals surface area contributed by atoms with Crippen molar-refractivity contribution in [3.05, 3.63) is 95.1 Å². The first-order valence-corrected chi connectivity index (χ1v) is 15.6. The Labute approximate surface area is 275 Å². The molecule has 0 atom stereocenters. The zero-order chi connectivity index (χ0) is 34.2. The number of fused-ring (bicyclic) bond motifs is 4. The van der Waals surface area contributed by atoms with Crippen molar-refractivity contribution in [2.75, 3.05) is 44.8 Å². The number of likely N-dealkylation sites (tertiary alicyclic amines) is 1. The molecule has 2 fully saturated rings. The summed E-state index contributed by atoms with van der Waals surface area (Å²) in [4.78, 5) is 32.7. The zero-order valence-corrected chi connectivity index (χ0v) is 26.0. The normalized spacial score (nSPS) is 17.0. The fourth-order valence-corrected chi connectivity index (χ4v) is 7.09. The number of imidazole rings is 1. The molecule has 3 aliphatic heterocycles. The summed E-state index contributed by atoms with van der Waals surface area (Å²) in [5.41, 5.74) is -0.451. The molecule has 1 amide bonds. The van der Waals surface area contributed by atoms with Gasteiger partial charge in [-0.1, -0.05) is 12.1 Å². The number of amides is 1. The molecule has 2 saturated heterocycles. The predicted octanol–water partition coefficient (Wildman–Crippen LogP) is 5.78. The summed E-state index contributed by atoms with van der Waals surface area (Å²) in [5, 5.41) is 2.20. The zero-order valence-electron chi connectivity index (χ0n) is 26.0. The van der Waals surface area contributed by atoms with Crippen LogP contribution in [0.15, 0.2) is 61.1 Å². The molecule has 1 spiro atoms. The monoisotopic (exact) mass is 677 g/mol. The van der Waals surface area contributed by atoms with E-state index in [0.717, 1.165) is 44.5 Å². The molecule has 1 N–H and O–H groups in total. The number of hydrogen-bond donors (Lipinski definition) is 1. The maximum absolute atomic E-state index is 15.2. The molecule has 0 aliphatic carbocycles. The lowest BCUT2D eigenvalue weighted by Gasteiger charge is -2.54. The highest BCUT2D eigenvalue weighted by molar-refractivity contribution is 6.10. The van der Waals surface area contributed by atoms with Crippen LogP contribution in [0.1, 0.15) is 27.2 Å². The van der Waals surface area contributed by atoms with Crippen LogP contribution in [0.4, 0.5) is 27.6 Å². The van der Waals surface area contributed by atoms with E-state index >= 15 is 8.78 Å². The van der Waals surface area contributed by atoms with Gasteiger partial charge in [-0.3, -0.25) is 14.5 Å². The molecule has 0 saturated carbocycles. The number of alkyl halides is 3. The molecule has 0 bridgehead atoms. The number of halogens is 5. The van der Waals surface area contributed by atoms with Gasteiger partial charge in [0.15, 0.2) is 5.75 Å². The van der Waals surface area contributed by atoms with E-state index in [1.165, 1.54) is 45.8 Å². The molecule has 252 valence electrons. The largest absolute Gasteiger partial charge is 0.490 e. The Hall–Kier alpha value is -5.08. The van der Waals surface area contributed by atoms with Crippen LogP contribution >= 0.6 is 0 Å². The van der Waals surface area contributed by atoms with Gasteiger partial charge in [0.25, 0.3) is 0 Å². The van der Waals surface area contributed by atoms with Crippen LogP contribution < -0.4 is 10.1 Å². The summed E-state index contributed by atoms with van der Waals surface area (Å²) in [7, 11) is 1.59. The number of anilines is 1. The lowest BCUT2D eigenvalue weighted by atomic mass is 9.78. The Balaban J connectivity index is 1.11. The SMILES string of the molecule is Cn1cnc2c3c(c(C(F)(F)F)cc21)-c1cccn2c(C(=O)c4cc(F)c(NC(=O)/C=C/CN5CC6(COC6)C5)c(F)c4)cc(c12)CCO3. The smallest absolute Gasteiger partial charge is 0.417 e. The lowest BCUT2D eigenvalue weighted by molar-refractivity contribution is -0.186. The van der Waals surface area contributed by atoms with Crippen molar-refractivity contribution in [2.45, 2.75) is 12.6 Å². The third-order valence-corrected chi connectivity index (χ3v) is 9.39. The average molecular weight is 678 g/mol. The van der Waals surface area contributed by atoms with Crippen LogP contribution in [0.3, 0.4) is 0 Å². The number of aromatic nitrogens is 3. The molecule has 0 radical (unpaired) electrons. The molecular weight excluding hydrogens is 649 g/mol. The number of aryl methyl sites for hydroxylation is 1. The van der Waals surface area contributed by atoms with Gasteiger partial charge in [-0.15, -0.1) is 0 Å². The van der Waals surface area contributed by atoms with Gasteiger partial charge in [0, 0.05) is 67.5 Å². The van der Waals surface area contributed by atoms with Crippen LogP contribution in [0.25, 0.3) is 27.7 Å². The molecule has 14 heteroatoms. The Kier molecular flexibility index (Phi) is 7.16. The minimum atomic E-state index is -4.76. The summed E-state index contributed by atoms with van der Waals surface area (Å²) in [6.45, 7) is 3.68. The van der Waals surface area contributed by atoms with Crippen LogP contribution in [-0.4, -0.2) is 70.0 Å². The molecule has 49 heavy (non-hydrogen) atoms. The van der Waals surface area contributed by atoms with Crippen molar-refractivity contribution in [3.63, 3.8) is 0 Å². The van der Waals surface area contributed by atoms with E-state index < -0.39 is 40.8 Å². The maximum atomic E-state index is 15.2. The number of ketones is 1. The van der Waals surface area contributed by atoms with Crippen molar-refractivity contribution in [1.29, 1.82) is 0 Å². The molecule has 8 rings (SSSR count). The summed E-state index contributed by atoms with van der Waals surface area (Å²) in [6, 6.07) is 7.17. The van der Waals surface area contributed by atoms with Crippen molar-refractivity contribution >= 4 is 33.9 Å². The van der Waals surface area contributed by atoms with Crippen molar-refractivity contribution in [1.82, 2.24) is 18.9 Å². The minimum absolute atomic E-state index is 0.0115. The van der Waals surface area contributed by atoms with Gasteiger partial charge >= 0.3 is 6.18 Å². The van der Waals surface area contributed by atoms with Gasteiger partial charge in [-0.05, 0) is 35.9 Å². The van der Waals surface area contributed by atoms with E-state index in [0.29, 0.717) is 17.6 Å². The van der Waals surface area contributed by atoms with E-state index in [1.54, 1.807) is 13.1 Å². The van der Waals surface area contributed by atoms with Crippen LogP contribution in [0, 0.1) is 17.0 Å². The van der Waals surface area contributed by atoms with E-state index in [1.807, 2.05) is 0 Å². The van der Waals surface area contributed by atoms with Gasteiger partial charge in [0.2, 0.25) is 11.7 Å². The topological polar surface area (TPSA) is 90.1 Å². The van der Waals surface area contributed by atoms with Gasteiger partial charge in [-0.25, -0.2) is 13.8 Å². The van der Waals surface area contributed by atoms with Gasteiger partial charge in [-0.2, -0.15) is 13.2 Å². The number of carbonyl (C=O) groups is 2. The van der Waals surface area contributed by atoms with E-state index in [9.17, 15) is 22.8 Å². The number of ether oxygens (including phenoxy) is 2. The number of carbonyl (C=O) groups excluding carboxylic acids is 2. The number of rotatable bonds is 6. The molecule has 2 aromatic carbocycles. The van der Waals surface area contributed by atoms with Crippen molar-refractivity contribution < 1.29 is 41.0 Å². The van der Waals surface area contributed by atoms with Crippen LogP contribution in [-0.2, 0) is 29.2 Å². The third kappa shape index (κ3) is 5.17. The molecule has 9 nitrogen and oxygen atoms in total. The van der Waals surface area contributed by atoms with Gasteiger partial charge in [0.05, 0.1) is 48.4 Å². The fourth-order valence-electron chi connectivity index (χ4n) is 7.09. The lowest BCUT2D eigenvalue weighted by Crippen LogP contribution is -2.65. The minimum Gasteiger partial charge on any atom is -0.490 e. The second kappa shape index (κ2) is 11.2. The number of pyridine rings is 1. The first-order chi connectivity index (χ1) is 23.4.